The molecule has 0 aliphatic rings. The smallest absolute Gasteiger partial charge is 0.315 e. The summed E-state index contributed by atoms with van der Waals surface area (Å²) in [7, 11) is 1.69. The summed E-state index contributed by atoms with van der Waals surface area (Å²) < 4.78 is 10.4. The molecule has 1 aromatic rings. The normalized spacial score (nSPS) is 12.6. The summed E-state index contributed by atoms with van der Waals surface area (Å²) in [5.74, 6) is 0.618. The van der Waals surface area contributed by atoms with Crippen molar-refractivity contribution < 1.29 is 9.15 Å². The SMILES string of the molecule is CCCNC(C)c1nnc(NCCCOC)o1. The number of nitrogens with zero attached hydrogens (tertiary/aromatic N) is 2. The van der Waals surface area contributed by atoms with E-state index in [0.29, 0.717) is 11.9 Å². The van der Waals surface area contributed by atoms with E-state index in [0.717, 1.165) is 32.5 Å². The molecule has 1 rings (SSSR count). The van der Waals surface area contributed by atoms with Gasteiger partial charge in [-0.2, -0.15) is 0 Å². The molecule has 0 aliphatic carbocycles. The predicted molar refractivity (Wildman–Crippen MR) is 66.0 cm³/mol. The lowest BCUT2D eigenvalue weighted by Crippen LogP contribution is -2.19. The van der Waals surface area contributed by atoms with E-state index in [1.807, 2.05) is 6.92 Å². The first kappa shape index (κ1) is 13.9. The molecular formula is C11H22N4O2. The molecule has 98 valence electrons. The Labute approximate surface area is 102 Å². The molecule has 1 heterocycles. The number of nitrogens with one attached hydrogen (secondary N) is 2. The van der Waals surface area contributed by atoms with Gasteiger partial charge in [-0.15, -0.1) is 5.10 Å². The minimum absolute atomic E-state index is 0.0944. The fourth-order valence-corrected chi connectivity index (χ4v) is 1.34. The standard InChI is InChI=1S/C11H22N4O2/c1-4-6-12-9(2)10-14-15-11(17-10)13-7-5-8-16-3/h9,12H,4-8H2,1-3H3,(H,13,15). The monoisotopic (exact) mass is 242 g/mol. The molecule has 6 nitrogen and oxygen atoms in total. The van der Waals surface area contributed by atoms with Crippen molar-refractivity contribution in [1.29, 1.82) is 0 Å². The van der Waals surface area contributed by atoms with Crippen molar-refractivity contribution in [2.75, 3.05) is 32.1 Å². The van der Waals surface area contributed by atoms with Crippen LogP contribution in [0.1, 0.15) is 38.6 Å². The van der Waals surface area contributed by atoms with E-state index in [1.165, 1.54) is 0 Å². The first-order chi connectivity index (χ1) is 8.27. The molecule has 1 atom stereocenters. The van der Waals surface area contributed by atoms with Crippen LogP contribution in [0.2, 0.25) is 0 Å². The summed E-state index contributed by atoms with van der Waals surface area (Å²) in [6.45, 7) is 6.57. The molecule has 6 heteroatoms. The maximum atomic E-state index is 5.49. The minimum atomic E-state index is 0.0944. The molecule has 1 aromatic heterocycles. The van der Waals surface area contributed by atoms with Crippen molar-refractivity contribution in [1.82, 2.24) is 15.5 Å². The molecular weight excluding hydrogens is 220 g/mol. The van der Waals surface area contributed by atoms with E-state index < -0.39 is 0 Å². The van der Waals surface area contributed by atoms with Crippen LogP contribution in [0.15, 0.2) is 4.42 Å². The lowest BCUT2D eigenvalue weighted by atomic mass is 10.3. The van der Waals surface area contributed by atoms with Crippen molar-refractivity contribution in [3.63, 3.8) is 0 Å². The van der Waals surface area contributed by atoms with Gasteiger partial charge >= 0.3 is 6.01 Å². The van der Waals surface area contributed by atoms with Crippen LogP contribution in [0.4, 0.5) is 6.01 Å². The van der Waals surface area contributed by atoms with E-state index >= 15 is 0 Å². The molecule has 0 saturated heterocycles. The van der Waals surface area contributed by atoms with Crippen LogP contribution in [-0.4, -0.2) is 37.0 Å². The second-order valence-corrected chi connectivity index (χ2v) is 3.89. The maximum Gasteiger partial charge on any atom is 0.315 e. The van der Waals surface area contributed by atoms with Crippen LogP contribution in [0.25, 0.3) is 0 Å². The fraction of sp³-hybridized carbons (Fsp3) is 0.818. The number of rotatable bonds is 9. The van der Waals surface area contributed by atoms with Gasteiger partial charge in [-0.3, -0.25) is 0 Å². The summed E-state index contributed by atoms with van der Waals surface area (Å²) in [6.07, 6.45) is 2.00. The van der Waals surface area contributed by atoms with Gasteiger partial charge in [0.1, 0.15) is 0 Å². The zero-order valence-electron chi connectivity index (χ0n) is 10.8. The van der Waals surface area contributed by atoms with Gasteiger partial charge in [-0.25, -0.2) is 0 Å². The Morgan fingerprint density at radius 2 is 2.18 bits per heavy atom. The highest BCUT2D eigenvalue weighted by molar-refractivity contribution is 5.16. The van der Waals surface area contributed by atoms with Crippen LogP contribution in [0.3, 0.4) is 0 Å². The third kappa shape index (κ3) is 5.14. The minimum Gasteiger partial charge on any atom is -0.406 e. The van der Waals surface area contributed by atoms with Gasteiger partial charge < -0.3 is 19.8 Å². The Morgan fingerprint density at radius 1 is 1.35 bits per heavy atom. The lowest BCUT2D eigenvalue weighted by Gasteiger charge is -2.07. The molecule has 0 aromatic carbocycles. The number of hydrogen-bond acceptors (Lipinski definition) is 6. The van der Waals surface area contributed by atoms with E-state index in [1.54, 1.807) is 7.11 Å². The lowest BCUT2D eigenvalue weighted by molar-refractivity contribution is 0.197. The average Bonchev–Trinajstić information content (AvgIpc) is 2.80. The third-order valence-corrected chi connectivity index (χ3v) is 2.31. The van der Waals surface area contributed by atoms with Crippen molar-refractivity contribution in [2.45, 2.75) is 32.7 Å². The number of anilines is 1. The number of hydrogen-bond donors (Lipinski definition) is 2. The molecule has 0 radical (unpaired) electrons. The molecule has 17 heavy (non-hydrogen) atoms. The third-order valence-electron chi connectivity index (χ3n) is 2.31. The molecule has 0 aliphatic heterocycles. The zero-order valence-corrected chi connectivity index (χ0v) is 10.8. The van der Waals surface area contributed by atoms with Crippen molar-refractivity contribution in [3.05, 3.63) is 5.89 Å². The number of ether oxygens (including phenoxy) is 1. The summed E-state index contributed by atoms with van der Waals surface area (Å²) in [4.78, 5) is 0. The van der Waals surface area contributed by atoms with Crippen LogP contribution in [0.5, 0.6) is 0 Å². The van der Waals surface area contributed by atoms with Crippen LogP contribution >= 0.6 is 0 Å². The molecule has 0 fully saturated rings. The van der Waals surface area contributed by atoms with E-state index in [2.05, 4.69) is 27.8 Å². The second-order valence-electron chi connectivity index (χ2n) is 3.89. The Bertz CT molecular complexity index is 303. The molecule has 1 unspecified atom stereocenters. The van der Waals surface area contributed by atoms with Crippen LogP contribution in [-0.2, 0) is 4.74 Å². The zero-order chi connectivity index (χ0) is 12.5. The molecule has 0 spiro atoms. The Morgan fingerprint density at radius 3 is 2.88 bits per heavy atom. The predicted octanol–water partition coefficient (Wildman–Crippen LogP) is 1.58. The number of aromatic nitrogens is 2. The summed E-state index contributed by atoms with van der Waals surface area (Å²) in [5.41, 5.74) is 0. The Kier molecular flexibility index (Phi) is 6.57. The quantitative estimate of drug-likeness (QED) is 0.641. The molecule has 2 N–H and O–H groups in total. The average molecular weight is 242 g/mol. The highest BCUT2D eigenvalue weighted by atomic mass is 16.5. The van der Waals surface area contributed by atoms with Gasteiger partial charge in [0.25, 0.3) is 0 Å². The van der Waals surface area contributed by atoms with E-state index in [-0.39, 0.29) is 6.04 Å². The van der Waals surface area contributed by atoms with Crippen molar-refractivity contribution >= 4 is 6.01 Å². The Hall–Kier alpha value is -1.14. The van der Waals surface area contributed by atoms with Crippen molar-refractivity contribution in [2.24, 2.45) is 0 Å². The molecule has 0 saturated carbocycles. The fourth-order valence-electron chi connectivity index (χ4n) is 1.34. The molecule has 0 amide bonds. The topological polar surface area (TPSA) is 72.2 Å². The van der Waals surface area contributed by atoms with Crippen LogP contribution in [0, 0.1) is 0 Å². The van der Waals surface area contributed by atoms with Gasteiger partial charge in [-0.05, 0) is 26.3 Å². The first-order valence-electron chi connectivity index (χ1n) is 6.07. The van der Waals surface area contributed by atoms with E-state index in [4.69, 9.17) is 9.15 Å². The van der Waals surface area contributed by atoms with Gasteiger partial charge in [-0.1, -0.05) is 12.0 Å². The van der Waals surface area contributed by atoms with E-state index in [9.17, 15) is 0 Å². The number of methoxy groups -OCH3 is 1. The van der Waals surface area contributed by atoms with Crippen molar-refractivity contribution in [3.8, 4) is 0 Å². The first-order valence-corrected chi connectivity index (χ1v) is 6.07. The highest BCUT2D eigenvalue weighted by Gasteiger charge is 2.12. The van der Waals surface area contributed by atoms with Gasteiger partial charge in [0.2, 0.25) is 5.89 Å². The maximum absolute atomic E-state index is 5.49. The highest BCUT2D eigenvalue weighted by Crippen LogP contribution is 2.13. The molecule has 0 bridgehead atoms. The van der Waals surface area contributed by atoms with Gasteiger partial charge in [0, 0.05) is 20.3 Å². The summed E-state index contributed by atoms with van der Waals surface area (Å²) in [6, 6.07) is 0.568. The largest absolute Gasteiger partial charge is 0.406 e. The Balaban J connectivity index is 2.31. The summed E-state index contributed by atoms with van der Waals surface area (Å²) in [5, 5.41) is 14.3. The van der Waals surface area contributed by atoms with Crippen LogP contribution < -0.4 is 10.6 Å². The second kappa shape index (κ2) is 8.03. The van der Waals surface area contributed by atoms with Gasteiger partial charge in [0.15, 0.2) is 0 Å². The summed E-state index contributed by atoms with van der Waals surface area (Å²) >= 11 is 0. The van der Waals surface area contributed by atoms with Gasteiger partial charge in [0.05, 0.1) is 6.04 Å².